The van der Waals surface area contributed by atoms with Gasteiger partial charge in [0.25, 0.3) is 0 Å². The first-order valence-corrected chi connectivity index (χ1v) is 9.25. The van der Waals surface area contributed by atoms with Crippen LogP contribution in [0.25, 0.3) is 17.4 Å². The summed E-state index contributed by atoms with van der Waals surface area (Å²) in [6.45, 7) is 6.35. The highest BCUT2D eigenvalue weighted by Gasteiger charge is 2.20. The van der Waals surface area contributed by atoms with E-state index in [2.05, 4.69) is 93.8 Å². The molecule has 1 aliphatic heterocycles. The molecule has 3 aromatic rings. The second-order valence-electron chi connectivity index (χ2n) is 7.33. The molecule has 0 aliphatic carbocycles. The predicted molar refractivity (Wildman–Crippen MR) is 111 cm³/mol. The van der Waals surface area contributed by atoms with Gasteiger partial charge in [-0.15, -0.1) is 0 Å². The second kappa shape index (κ2) is 6.88. The number of ether oxygens (including phenoxy) is 1. The topological polar surface area (TPSA) is 13.1 Å². The van der Waals surface area contributed by atoms with Gasteiger partial charge in [-0.05, 0) is 61.3 Å². The molecule has 1 aromatic heterocycles. The quantitative estimate of drug-likeness (QED) is 0.561. The van der Waals surface area contributed by atoms with E-state index in [1.54, 1.807) is 0 Å². The summed E-state index contributed by atoms with van der Waals surface area (Å²) in [6, 6.07) is 17.1. The van der Waals surface area contributed by atoms with E-state index in [0.29, 0.717) is 0 Å². The monoisotopic (exact) mass is 354 g/mol. The Bertz CT molecular complexity index is 1050. The molecule has 134 valence electrons. The zero-order valence-electron chi connectivity index (χ0n) is 16.3. The number of rotatable bonds is 2. The lowest BCUT2D eigenvalue weighted by Gasteiger charge is -2.23. The van der Waals surface area contributed by atoms with E-state index in [4.69, 9.17) is 4.74 Å². The van der Waals surface area contributed by atoms with Crippen molar-refractivity contribution in [2.75, 3.05) is 0 Å². The van der Waals surface area contributed by atoms with Crippen molar-refractivity contribution in [1.29, 1.82) is 0 Å². The summed E-state index contributed by atoms with van der Waals surface area (Å²) in [5, 5.41) is 0. The smallest absolute Gasteiger partial charge is 0.169 e. The second-order valence-corrected chi connectivity index (χ2v) is 7.33. The van der Waals surface area contributed by atoms with E-state index in [9.17, 15) is 0 Å². The van der Waals surface area contributed by atoms with Crippen molar-refractivity contribution in [3.8, 4) is 5.75 Å². The number of hydrogen-bond donors (Lipinski definition) is 0. The Kier molecular flexibility index (Phi) is 4.41. The molecule has 27 heavy (non-hydrogen) atoms. The molecule has 4 rings (SSSR count). The molecule has 1 aliphatic rings. The van der Waals surface area contributed by atoms with Crippen LogP contribution in [0, 0.1) is 20.8 Å². The number of aryl methyl sites for hydroxylation is 4. The van der Waals surface area contributed by atoms with Gasteiger partial charge in [-0.3, -0.25) is 0 Å². The van der Waals surface area contributed by atoms with Crippen LogP contribution in [0.4, 0.5) is 0 Å². The van der Waals surface area contributed by atoms with Gasteiger partial charge in [0.15, 0.2) is 12.4 Å². The fourth-order valence-corrected chi connectivity index (χ4v) is 3.43. The molecule has 0 spiro atoms. The normalized spacial score (nSPS) is 14.5. The van der Waals surface area contributed by atoms with Crippen LogP contribution < -0.4 is 9.30 Å². The van der Waals surface area contributed by atoms with E-state index in [1.807, 2.05) is 11.6 Å². The first kappa shape index (κ1) is 17.3. The first-order valence-electron chi connectivity index (χ1n) is 9.25. The minimum Gasteiger partial charge on any atom is -0.456 e. The summed E-state index contributed by atoms with van der Waals surface area (Å²) in [7, 11) is 2.03. The van der Waals surface area contributed by atoms with Gasteiger partial charge in [-0.25, -0.2) is 4.57 Å². The third-order valence-electron chi connectivity index (χ3n) is 4.89. The molecule has 0 saturated heterocycles. The minimum absolute atomic E-state index is 0.891. The maximum Gasteiger partial charge on any atom is 0.169 e. The van der Waals surface area contributed by atoms with Gasteiger partial charge < -0.3 is 4.74 Å². The Labute approximate surface area is 161 Å². The van der Waals surface area contributed by atoms with Crippen LogP contribution in [0.3, 0.4) is 0 Å². The van der Waals surface area contributed by atoms with Crippen LogP contribution in [0.2, 0.25) is 0 Å². The maximum atomic E-state index is 6.35. The molecule has 0 N–H and O–H groups in total. The summed E-state index contributed by atoms with van der Waals surface area (Å²) in [6.07, 6.45) is 8.52. The highest BCUT2D eigenvalue weighted by atomic mass is 16.5. The maximum absolute atomic E-state index is 6.35. The molecule has 0 unspecified atom stereocenters. The van der Waals surface area contributed by atoms with E-state index >= 15 is 0 Å². The fraction of sp³-hybridized carbons (Fsp3) is 0.160. The van der Waals surface area contributed by atoms with E-state index in [-0.39, 0.29) is 0 Å². The third-order valence-corrected chi connectivity index (χ3v) is 4.89. The van der Waals surface area contributed by atoms with Crippen LogP contribution >= 0.6 is 0 Å². The lowest BCUT2D eigenvalue weighted by atomic mass is 9.94. The predicted octanol–water partition coefficient (Wildman–Crippen LogP) is 5.41. The van der Waals surface area contributed by atoms with Crippen LogP contribution in [0.15, 0.2) is 67.0 Å². The zero-order valence-corrected chi connectivity index (χ0v) is 16.3. The van der Waals surface area contributed by atoms with Gasteiger partial charge >= 0.3 is 0 Å². The summed E-state index contributed by atoms with van der Waals surface area (Å²) in [5.41, 5.74) is 8.24. The third kappa shape index (κ3) is 3.56. The van der Waals surface area contributed by atoms with Crippen molar-refractivity contribution in [2.45, 2.75) is 20.8 Å². The van der Waals surface area contributed by atoms with Gasteiger partial charge in [0.1, 0.15) is 18.6 Å². The molecular formula is C25H24NO+. The summed E-state index contributed by atoms with van der Waals surface area (Å²) < 4.78 is 8.39. The number of pyridine rings is 1. The molecule has 2 nitrogen and oxygen atoms in total. The van der Waals surface area contributed by atoms with Crippen molar-refractivity contribution >= 4 is 17.4 Å². The Morgan fingerprint density at radius 3 is 2.26 bits per heavy atom. The molecular weight excluding hydrogens is 330 g/mol. The summed E-state index contributed by atoms with van der Waals surface area (Å²) >= 11 is 0. The van der Waals surface area contributed by atoms with Gasteiger partial charge in [0, 0.05) is 23.3 Å². The summed E-state index contributed by atoms with van der Waals surface area (Å²) in [5.74, 6) is 1.84. The molecule has 0 saturated carbocycles. The number of aromatic nitrogens is 1. The number of allylic oxidation sites excluding steroid dienone is 2. The van der Waals surface area contributed by atoms with E-state index < -0.39 is 0 Å². The lowest BCUT2D eigenvalue weighted by Crippen LogP contribution is -2.25. The molecule has 0 radical (unpaired) electrons. The standard InChI is InChI=1S/C25H24NO/c1-17-5-7-21(8-6-17)24-16-22(15-20-9-11-26(4)12-10-20)23-14-18(2)13-19(3)25(23)27-24/h5-16H,1-4H3/q+1/b22-15+. The lowest BCUT2D eigenvalue weighted by molar-refractivity contribution is -0.671. The molecule has 2 heteroatoms. The number of fused-ring (bicyclic) bond motifs is 1. The van der Waals surface area contributed by atoms with Crippen molar-refractivity contribution in [2.24, 2.45) is 7.05 Å². The van der Waals surface area contributed by atoms with Gasteiger partial charge in [0.2, 0.25) is 0 Å². The molecule has 0 atom stereocenters. The van der Waals surface area contributed by atoms with Crippen LogP contribution in [0.1, 0.15) is 33.4 Å². The molecule has 2 aromatic carbocycles. The molecule has 0 amide bonds. The van der Waals surface area contributed by atoms with Gasteiger partial charge in [-0.1, -0.05) is 35.9 Å². The van der Waals surface area contributed by atoms with Crippen molar-refractivity contribution in [1.82, 2.24) is 0 Å². The van der Waals surface area contributed by atoms with Crippen molar-refractivity contribution in [3.05, 3.63) is 100 Å². The minimum atomic E-state index is 0.891. The Hall–Kier alpha value is -3.13. The Morgan fingerprint density at radius 1 is 0.852 bits per heavy atom. The van der Waals surface area contributed by atoms with E-state index in [0.717, 1.165) is 28.2 Å². The van der Waals surface area contributed by atoms with Crippen molar-refractivity contribution in [3.63, 3.8) is 0 Å². The first-order chi connectivity index (χ1) is 13.0. The average Bonchev–Trinajstić information content (AvgIpc) is 2.64. The van der Waals surface area contributed by atoms with E-state index in [1.165, 1.54) is 22.3 Å². The summed E-state index contributed by atoms with van der Waals surface area (Å²) in [4.78, 5) is 0. The number of nitrogens with zero attached hydrogens (tertiary/aromatic N) is 1. The molecule has 0 fully saturated rings. The highest BCUT2D eigenvalue weighted by Crippen LogP contribution is 2.40. The SMILES string of the molecule is Cc1ccc(C2=C/C(=C\c3cc[n+](C)cc3)c3cc(C)cc(C)c3O2)cc1. The van der Waals surface area contributed by atoms with Crippen LogP contribution in [-0.2, 0) is 7.05 Å². The largest absolute Gasteiger partial charge is 0.456 e. The Balaban J connectivity index is 1.88. The molecule has 0 bridgehead atoms. The zero-order chi connectivity index (χ0) is 19.0. The van der Waals surface area contributed by atoms with Gasteiger partial charge in [0.05, 0.1) is 0 Å². The average molecular weight is 354 g/mol. The van der Waals surface area contributed by atoms with Crippen LogP contribution in [0.5, 0.6) is 5.75 Å². The fourth-order valence-electron chi connectivity index (χ4n) is 3.43. The molecule has 2 heterocycles. The van der Waals surface area contributed by atoms with Crippen molar-refractivity contribution < 1.29 is 9.30 Å². The Morgan fingerprint density at radius 2 is 1.56 bits per heavy atom. The van der Waals surface area contributed by atoms with Gasteiger partial charge in [-0.2, -0.15) is 0 Å². The van der Waals surface area contributed by atoms with Crippen LogP contribution in [-0.4, -0.2) is 0 Å². The number of benzene rings is 2. The highest BCUT2D eigenvalue weighted by molar-refractivity contribution is 5.96. The number of hydrogen-bond acceptors (Lipinski definition) is 1.